The van der Waals surface area contributed by atoms with Crippen LogP contribution in [0.5, 0.6) is 5.75 Å². The number of carbonyl (C=O) groups excluding carboxylic acids is 2. The van der Waals surface area contributed by atoms with Gasteiger partial charge in [0.2, 0.25) is 0 Å². The van der Waals surface area contributed by atoms with Gasteiger partial charge in [-0.05, 0) is 25.0 Å². The summed E-state index contributed by atoms with van der Waals surface area (Å²) in [6.07, 6.45) is -0.177. The molecule has 0 aliphatic heterocycles. The van der Waals surface area contributed by atoms with Gasteiger partial charge in [0.05, 0.1) is 18.1 Å². The highest BCUT2D eigenvalue weighted by molar-refractivity contribution is 6.02. The fourth-order valence-corrected chi connectivity index (χ4v) is 2.81. The Morgan fingerprint density at radius 1 is 0.962 bits per heavy atom. The monoisotopic (exact) mass is 372 g/mol. The molecule has 146 valence electrons. The maximum Gasteiger partial charge on any atom is 0.419 e. The third-order valence-corrected chi connectivity index (χ3v) is 4.31. The lowest BCUT2D eigenvalue weighted by Crippen LogP contribution is -2.22. The quantitative estimate of drug-likeness (QED) is 0.354. The van der Waals surface area contributed by atoms with E-state index in [1.165, 1.54) is 18.2 Å². The zero-order valence-corrected chi connectivity index (χ0v) is 15.4. The summed E-state index contributed by atoms with van der Waals surface area (Å²) in [5, 5.41) is 0. The van der Waals surface area contributed by atoms with E-state index in [4.69, 9.17) is 4.74 Å². The third-order valence-electron chi connectivity index (χ3n) is 4.31. The van der Waals surface area contributed by atoms with Crippen LogP contribution in [-0.2, 0) is 15.8 Å². The Hall–Kier alpha value is -1.85. The maximum atomic E-state index is 12.9. The number of hydrogen-bond acceptors (Lipinski definition) is 3. The number of alkyl halides is 3. The van der Waals surface area contributed by atoms with Gasteiger partial charge in [-0.25, -0.2) is 0 Å². The van der Waals surface area contributed by atoms with Crippen molar-refractivity contribution in [3.05, 3.63) is 29.8 Å². The van der Waals surface area contributed by atoms with Gasteiger partial charge < -0.3 is 4.74 Å². The van der Waals surface area contributed by atoms with Gasteiger partial charge in [0, 0.05) is 12.8 Å². The molecule has 1 aromatic rings. The predicted molar refractivity (Wildman–Crippen MR) is 94.1 cm³/mol. The summed E-state index contributed by atoms with van der Waals surface area (Å²) in [5.74, 6) is -0.671. The average molecular weight is 372 g/mol. The number of Topliss-reactive ketones (excluding diaryl/α,β-unsaturated/α-hetero) is 2. The van der Waals surface area contributed by atoms with Crippen LogP contribution in [0.4, 0.5) is 13.2 Å². The van der Waals surface area contributed by atoms with E-state index in [1.807, 2.05) is 0 Å². The van der Waals surface area contributed by atoms with Gasteiger partial charge in [-0.2, -0.15) is 13.2 Å². The molecule has 0 unspecified atom stereocenters. The smallest absolute Gasteiger partial charge is 0.419 e. The highest BCUT2D eigenvalue weighted by Crippen LogP contribution is 2.35. The first-order chi connectivity index (χ1) is 12.3. The SMILES string of the molecule is CCC(=O)C(CCCCCCOc1ccccc1C(F)(F)F)C(=O)CC. The zero-order chi connectivity index (χ0) is 19.6. The molecule has 6 heteroatoms. The van der Waals surface area contributed by atoms with E-state index < -0.39 is 17.7 Å². The number of ketones is 2. The molecule has 0 heterocycles. The third kappa shape index (κ3) is 7.18. The summed E-state index contributed by atoms with van der Waals surface area (Å²) >= 11 is 0. The van der Waals surface area contributed by atoms with E-state index in [9.17, 15) is 22.8 Å². The number of hydrogen-bond donors (Lipinski definition) is 0. The van der Waals surface area contributed by atoms with Crippen molar-refractivity contribution in [1.29, 1.82) is 0 Å². The van der Waals surface area contributed by atoms with Crippen molar-refractivity contribution in [3.8, 4) is 5.75 Å². The maximum absolute atomic E-state index is 12.9. The highest BCUT2D eigenvalue weighted by atomic mass is 19.4. The van der Waals surface area contributed by atoms with Crippen LogP contribution in [0.15, 0.2) is 24.3 Å². The number of benzene rings is 1. The van der Waals surface area contributed by atoms with Crippen LogP contribution < -0.4 is 4.74 Å². The fraction of sp³-hybridized carbons (Fsp3) is 0.600. The summed E-state index contributed by atoms with van der Waals surface area (Å²) in [6.45, 7) is 3.72. The van der Waals surface area contributed by atoms with Gasteiger partial charge in [-0.3, -0.25) is 9.59 Å². The van der Waals surface area contributed by atoms with Crippen LogP contribution >= 0.6 is 0 Å². The molecule has 0 radical (unpaired) electrons. The first kappa shape index (κ1) is 22.2. The number of halogens is 3. The second kappa shape index (κ2) is 11.0. The van der Waals surface area contributed by atoms with E-state index in [0.29, 0.717) is 25.7 Å². The van der Waals surface area contributed by atoms with Crippen molar-refractivity contribution in [2.75, 3.05) is 6.61 Å². The van der Waals surface area contributed by atoms with Crippen molar-refractivity contribution in [2.24, 2.45) is 5.92 Å². The van der Waals surface area contributed by atoms with Gasteiger partial charge in [-0.15, -0.1) is 0 Å². The molecule has 0 saturated heterocycles. The van der Waals surface area contributed by atoms with E-state index in [2.05, 4.69) is 0 Å². The Morgan fingerprint density at radius 3 is 2.12 bits per heavy atom. The van der Waals surface area contributed by atoms with Crippen LogP contribution in [0.3, 0.4) is 0 Å². The summed E-state index contributed by atoms with van der Waals surface area (Å²) in [5.41, 5.74) is -0.765. The van der Waals surface area contributed by atoms with Gasteiger partial charge in [-0.1, -0.05) is 45.2 Å². The van der Waals surface area contributed by atoms with Crippen LogP contribution in [0.2, 0.25) is 0 Å². The molecule has 26 heavy (non-hydrogen) atoms. The molecule has 0 N–H and O–H groups in total. The van der Waals surface area contributed by atoms with Gasteiger partial charge >= 0.3 is 6.18 Å². The van der Waals surface area contributed by atoms with E-state index in [0.717, 1.165) is 25.3 Å². The Kier molecular flexibility index (Phi) is 9.38. The number of para-hydroxylation sites is 1. The van der Waals surface area contributed by atoms with Crippen LogP contribution in [-0.4, -0.2) is 18.2 Å². The molecule has 0 atom stereocenters. The topological polar surface area (TPSA) is 43.4 Å². The number of rotatable bonds is 12. The molecule has 0 aliphatic carbocycles. The minimum absolute atomic E-state index is 0.0102. The molecule has 0 bridgehead atoms. The normalized spacial score (nSPS) is 11.6. The molecule has 0 fully saturated rings. The molecule has 1 rings (SSSR count). The van der Waals surface area contributed by atoms with Crippen LogP contribution in [0.1, 0.15) is 64.4 Å². The Balaban J connectivity index is 2.32. The second-order valence-electron chi connectivity index (χ2n) is 6.24. The summed E-state index contributed by atoms with van der Waals surface area (Å²) < 4.78 is 43.8. The van der Waals surface area contributed by atoms with Crippen LogP contribution in [0.25, 0.3) is 0 Å². The van der Waals surface area contributed by atoms with E-state index in [-0.39, 0.29) is 23.9 Å². The van der Waals surface area contributed by atoms with Crippen LogP contribution in [0, 0.1) is 5.92 Å². The number of ether oxygens (including phenoxy) is 1. The summed E-state index contributed by atoms with van der Waals surface area (Å²) in [4.78, 5) is 23.6. The second-order valence-corrected chi connectivity index (χ2v) is 6.24. The zero-order valence-electron chi connectivity index (χ0n) is 15.4. The van der Waals surface area contributed by atoms with Crippen molar-refractivity contribution in [2.45, 2.75) is 65.0 Å². The lowest BCUT2D eigenvalue weighted by molar-refractivity contribution is -0.139. The Morgan fingerprint density at radius 2 is 1.54 bits per heavy atom. The summed E-state index contributed by atoms with van der Waals surface area (Å²) in [6, 6.07) is 5.17. The average Bonchev–Trinajstić information content (AvgIpc) is 2.62. The van der Waals surface area contributed by atoms with Crippen molar-refractivity contribution in [1.82, 2.24) is 0 Å². The molecule has 0 spiro atoms. The molecule has 0 saturated carbocycles. The Labute approximate surface area is 152 Å². The molecule has 3 nitrogen and oxygen atoms in total. The van der Waals surface area contributed by atoms with Gasteiger partial charge in [0.25, 0.3) is 0 Å². The Bertz CT molecular complexity index is 566. The molecule has 1 aromatic carbocycles. The molecule has 0 amide bonds. The van der Waals surface area contributed by atoms with Crippen molar-refractivity contribution in [3.63, 3.8) is 0 Å². The lowest BCUT2D eigenvalue weighted by atomic mass is 9.90. The number of unbranched alkanes of at least 4 members (excludes halogenated alkanes) is 3. The van der Waals surface area contributed by atoms with Crippen molar-refractivity contribution < 1.29 is 27.5 Å². The van der Waals surface area contributed by atoms with Gasteiger partial charge in [0.15, 0.2) is 0 Å². The minimum Gasteiger partial charge on any atom is -0.493 e. The highest BCUT2D eigenvalue weighted by Gasteiger charge is 2.33. The van der Waals surface area contributed by atoms with Crippen molar-refractivity contribution >= 4 is 11.6 Å². The predicted octanol–water partition coefficient (Wildman–Crippen LogP) is 5.61. The largest absolute Gasteiger partial charge is 0.493 e. The van der Waals surface area contributed by atoms with Gasteiger partial charge in [0.1, 0.15) is 17.3 Å². The lowest BCUT2D eigenvalue weighted by Gasteiger charge is -2.14. The standard InChI is InChI=1S/C20H27F3O3/c1-3-17(24)15(18(25)4-2)11-7-5-6-10-14-26-19-13-9-8-12-16(19)20(21,22)23/h8-9,12-13,15H,3-7,10-11,14H2,1-2H3. The minimum atomic E-state index is -4.43. The first-order valence-corrected chi connectivity index (χ1v) is 9.15. The molecule has 0 aliphatic rings. The number of carbonyl (C=O) groups is 2. The van der Waals surface area contributed by atoms with E-state index >= 15 is 0 Å². The fourth-order valence-electron chi connectivity index (χ4n) is 2.81. The molecule has 0 aromatic heterocycles. The molecular formula is C20H27F3O3. The molecular weight excluding hydrogens is 345 g/mol. The van der Waals surface area contributed by atoms with E-state index in [1.54, 1.807) is 13.8 Å². The first-order valence-electron chi connectivity index (χ1n) is 9.15. The summed E-state index contributed by atoms with van der Waals surface area (Å²) in [7, 11) is 0.